The molecule has 3 amide bonds. The third-order valence-electron chi connectivity index (χ3n) is 8.06. The normalized spacial score (nSPS) is 30.3. The van der Waals surface area contributed by atoms with Crippen molar-refractivity contribution in [3.05, 3.63) is 54.6 Å². The van der Waals surface area contributed by atoms with Gasteiger partial charge in [0.1, 0.15) is 11.6 Å². The van der Waals surface area contributed by atoms with Gasteiger partial charge in [0.2, 0.25) is 11.8 Å². The zero-order chi connectivity index (χ0) is 27.9. The molecule has 8 nitrogen and oxygen atoms in total. The number of carbonyl (C=O) groups excluding carboxylic acids is 3. The van der Waals surface area contributed by atoms with Crippen molar-refractivity contribution in [1.29, 1.82) is 0 Å². The Kier molecular flexibility index (Phi) is 8.43. The van der Waals surface area contributed by atoms with Crippen LogP contribution in [-0.2, 0) is 19.1 Å². The molecule has 3 heterocycles. The number of likely N-dealkylation sites (N-methyl/N-ethyl adjacent to an activating group) is 1. The van der Waals surface area contributed by atoms with E-state index in [1.165, 1.54) is 14.7 Å². The fourth-order valence-electron chi connectivity index (χ4n) is 6.40. The number of amides is 3. The Morgan fingerprint density at radius 2 is 1.92 bits per heavy atom. The van der Waals surface area contributed by atoms with Crippen molar-refractivity contribution in [2.75, 3.05) is 31.6 Å². The molecule has 3 aliphatic rings. The minimum atomic E-state index is -1.24. The first kappa shape index (κ1) is 28.8. The summed E-state index contributed by atoms with van der Waals surface area (Å²) >= 11 is 10.2. The van der Waals surface area contributed by atoms with E-state index in [1.807, 2.05) is 13.8 Å². The molecule has 4 rings (SSSR count). The van der Waals surface area contributed by atoms with Gasteiger partial charge in [-0.05, 0) is 24.5 Å². The maximum Gasteiger partial charge on any atom is 0.253 e. The van der Waals surface area contributed by atoms with Gasteiger partial charge in [0, 0.05) is 25.0 Å². The second kappa shape index (κ2) is 11.1. The van der Waals surface area contributed by atoms with Crippen LogP contribution in [-0.4, -0.2) is 88.0 Å². The average Bonchev–Trinajstić information content (AvgIpc) is 3.46. The van der Waals surface area contributed by atoms with E-state index in [1.54, 1.807) is 43.5 Å². The van der Waals surface area contributed by atoms with Crippen LogP contribution in [0.1, 0.15) is 20.3 Å². The van der Waals surface area contributed by atoms with Gasteiger partial charge >= 0.3 is 0 Å². The number of likely N-dealkylation sites (tertiary alicyclic amines) is 1. The van der Waals surface area contributed by atoms with Gasteiger partial charge in [-0.15, -0.1) is 13.2 Å². The zero-order valence-electron chi connectivity index (χ0n) is 21.9. The van der Waals surface area contributed by atoms with E-state index in [-0.39, 0.29) is 41.6 Å². The molecular weight excluding hydrogens is 574 g/mol. The Bertz CT molecular complexity index is 1130. The van der Waals surface area contributed by atoms with Crippen LogP contribution in [0.3, 0.4) is 0 Å². The molecule has 3 saturated heterocycles. The lowest BCUT2D eigenvalue weighted by molar-refractivity contribution is -0.147. The van der Waals surface area contributed by atoms with E-state index in [0.29, 0.717) is 23.7 Å². The first-order valence-electron chi connectivity index (χ1n) is 12.8. The monoisotopic (exact) mass is 607 g/mol. The summed E-state index contributed by atoms with van der Waals surface area (Å²) < 4.78 is 6.59. The topological polar surface area (TPSA) is 90.4 Å². The van der Waals surface area contributed by atoms with Gasteiger partial charge in [-0.3, -0.25) is 14.4 Å². The summed E-state index contributed by atoms with van der Waals surface area (Å²) in [7, 11) is 1.67. The van der Waals surface area contributed by atoms with Crippen LogP contribution in [0, 0.1) is 17.8 Å². The molecule has 38 heavy (non-hydrogen) atoms. The third kappa shape index (κ3) is 4.41. The number of rotatable bonds is 10. The molecule has 1 spiro atoms. The number of halogens is 2. The Morgan fingerprint density at radius 1 is 1.26 bits per heavy atom. The minimum absolute atomic E-state index is 0.152. The first-order chi connectivity index (χ1) is 18.0. The predicted molar refractivity (Wildman–Crippen MR) is 150 cm³/mol. The molecule has 0 aromatic heterocycles. The molecule has 3 fully saturated rings. The van der Waals surface area contributed by atoms with E-state index in [4.69, 9.17) is 16.3 Å². The van der Waals surface area contributed by atoms with Crippen molar-refractivity contribution in [3.8, 4) is 0 Å². The summed E-state index contributed by atoms with van der Waals surface area (Å²) in [5.74, 6) is -2.75. The number of anilines is 1. The van der Waals surface area contributed by atoms with Crippen LogP contribution in [0.15, 0.2) is 49.6 Å². The van der Waals surface area contributed by atoms with Crippen molar-refractivity contribution in [2.24, 2.45) is 17.8 Å². The number of ether oxygens (including phenoxy) is 1. The summed E-state index contributed by atoms with van der Waals surface area (Å²) in [6, 6.07) is 5.28. The molecule has 1 aromatic rings. The van der Waals surface area contributed by atoms with Crippen LogP contribution in [0.25, 0.3) is 0 Å². The van der Waals surface area contributed by atoms with Crippen molar-refractivity contribution < 1.29 is 24.2 Å². The number of nitrogens with zero attached hydrogens (tertiary/aromatic N) is 3. The minimum Gasteiger partial charge on any atom is -0.394 e. The average molecular weight is 609 g/mol. The maximum absolute atomic E-state index is 14.6. The van der Waals surface area contributed by atoms with Gasteiger partial charge in [0.25, 0.3) is 5.91 Å². The van der Waals surface area contributed by atoms with Crippen LogP contribution in [0.4, 0.5) is 5.69 Å². The Labute approximate surface area is 237 Å². The number of benzene rings is 1. The number of alkyl halides is 1. The number of hydrogen-bond donors (Lipinski definition) is 1. The second-order valence-electron chi connectivity index (χ2n) is 10.6. The number of fused-ring (bicyclic) bond motifs is 1. The van der Waals surface area contributed by atoms with Crippen molar-refractivity contribution in [3.63, 3.8) is 0 Å². The summed E-state index contributed by atoms with van der Waals surface area (Å²) in [6.07, 6.45) is 3.03. The lowest BCUT2D eigenvalue weighted by Crippen LogP contribution is -2.60. The van der Waals surface area contributed by atoms with Gasteiger partial charge in [-0.1, -0.05) is 65.7 Å². The highest BCUT2D eigenvalue weighted by atomic mass is 79.9. The molecule has 7 atom stereocenters. The number of carbonyl (C=O) groups is 3. The largest absolute Gasteiger partial charge is 0.394 e. The smallest absolute Gasteiger partial charge is 0.253 e. The van der Waals surface area contributed by atoms with E-state index >= 15 is 0 Å². The molecule has 0 radical (unpaired) electrons. The standard InChI is InChI=1S/C28H35BrClN3O5/c1-6-12-31(5)25(35)21-22-26(36)33(20(15-34)16(3)4)24(28(22)14-17(29)23(21)38-28)27(37)32(13-7-2)19-11-9-8-10-18(19)30/h6-11,16-17,20-24,34H,1-2,12-15H2,3-5H3/t17?,20-,21-,22-,23-,24?,28?/m0/s1. The van der Waals surface area contributed by atoms with Crippen molar-refractivity contribution in [1.82, 2.24) is 9.80 Å². The molecular formula is C28H35BrClN3O5. The van der Waals surface area contributed by atoms with Gasteiger partial charge in [0.05, 0.1) is 41.3 Å². The van der Waals surface area contributed by atoms with Crippen LogP contribution >= 0.6 is 27.5 Å². The number of hydrogen-bond acceptors (Lipinski definition) is 5. The molecule has 2 bridgehead atoms. The molecule has 1 aromatic carbocycles. The van der Waals surface area contributed by atoms with Gasteiger partial charge in [0.15, 0.2) is 0 Å². The fraction of sp³-hybridized carbons (Fsp3) is 0.536. The lowest BCUT2D eigenvalue weighted by Gasteiger charge is -2.40. The summed E-state index contributed by atoms with van der Waals surface area (Å²) in [5, 5.41) is 10.8. The quantitative estimate of drug-likeness (QED) is 0.325. The second-order valence-corrected chi connectivity index (χ2v) is 12.2. The third-order valence-corrected chi connectivity index (χ3v) is 9.22. The van der Waals surface area contributed by atoms with Crippen molar-refractivity contribution >= 4 is 50.9 Å². The van der Waals surface area contributed by atoms with Crippen LogP contribution < -0.4 is 4.90 Å². The SMILES string of the molecule is C=CCN(C)C(=O)[C@H]1[C@H]2C(=O)N([C@@H](CO)C(C)C)C(C(=O)N(CC=C)c3ccccc3Cl)C23CC(Br)[C@@H]1O3. The highest BCUT2D eigenvalue weighted by Crippen LogP contribution is 2.61. The molecule has 3 aliphatic heterocycles. The van der Waals surface area contributed by atoms with Gasteiger partial charge in [-0.2, -0.15) is 0 Å². The molecule has 0 aliphatic carbocycles. The van der Waals surface area contributed by atoms with Crippen LogP contribution in [0.2, 0.25) is 5.02 Å². The van der Waals surface area contributed by atoms with E-state index in [2.05, 4.69) is 29.1 Å². The molecule has 0 saturated carbocycles. The summed E-state index contributed by atoms with van der Waals surface area (Å²) in [4.78, 5) is 46.8. The lowest BCUT2D eigenvalue weighted by atomic mass is 9.70. The molecule has 10 heteroatoms. The predicted octanol–water partition coefficient (Wildman–Crippen LogP) is 3.27. The Hall–Kier alpha value is -2.20. The highest BCUT2D eigenvalue weighted by Gasteiger charge is 2.77. The zero-order valence-corrected chi connectivity index (χ0v) is 24.3. The van der Waals surface area contributed by atoms with Gasteiger partial charge < -0.3 is 24.5 Å². The number of aliphatic hydroxyl groups is 1. The van der Waals surface area contributed by atoms with Crippen molar-refractivity contribution in [2.45, 2.75) is 48.9 Å². The molecule has 3 unspecified atom stereocenters. The summed E-state index contributed by atoms with van der Waals surface area (Å²) in [6.45, 7) is 11.5. The van der Waals surface area contributed by atoms with E-state index < -0.39 is 35.6 Å². The fourth-order valence-corrected chi connectivity index (χ4v) is 7.58. The van der Waals surface area contributed by atoms with Crippen LogP contribution in [0.5, 0.6) is 0 Å². The van der Waals surface area contributed by atoms with E-state index in [9.17, 15) is 19.5 Å². The highest BCUT2D eigenvalue weighted by molar-refractivity contribution is 9.09. The number of para-hydroxylation sites is 1. The maximum atomic E-state index is 14.6. The Balaban J connectivity index is 1.87. The summed E-state index contributed by atoms with van der Waals surface area (Å²) in [5.41, 5.74) is -0.761. The molecule has 1 N–H and O–H groups in total. The van der Waals surface area contributed by atoms with Gasteiger partial charge in [-0.25, -0.2) is 0 Å². The first-order valence-corrected chi connectivity index (χ1v) is 14.1. The number of aliphatic hydroxyl groups excluding tert-OH is 1. The Morgan fingerprint density at radius 3 is 2.50 bits per heavy atom. The van der Waals surface area contributed by atoms with E-state index in [0.717, 1.165) is 0 Å². The molecule has 206 valence electrons.